The van der Waals surface area contributed by atoms with Crippen LogP contribution in [0.4, 0.5) is 0 Å². The van der Waals surface area contributed by atoms with Crippen LogP contribution in [0, 0.1) is 12.1 Å². The number of rotatable bonds is 2. The van der Waals surface area contributed by atoms with Crippen LogP contribution in [0.15, 0.2) is 29.0 Å². The third kappa shape index (κ3) is 2.40. The first-order valence-corrected chi connectivity index (χ1v) is 9.06. The molecule has 0 bridgehead atoms. The van der Waals surface area contributed by atoms with Crippen LogP contribution < -0.4 is 4.73 Å². The third-order valence-electron chi connectivity index (χ3n) is 5.18. The van der Waals surface area contributed by atoms with E-state index in [0.29, 0.717) is 51.3 Å². The first-order chi connectivity index (χ1) is 13.0. The summed E-state index contributed by atoms with van der Waals surface area (Å²) in [7, 11) is 0. The number of benzene rings is 1. The Morgan fingerprint density at radius 2 is 2.22 bits per heavy atom. The van der Waals surface area contributed by atoms with Crippen LogP contribution in [0.25, 0.3) is 28.1 Å². The summed E-state index contributed by atoms with van der Waals surface area (Å²) in [4.78, 5) is 8.99. The molecule has 0 spiro atoms. The minimum absolute atomic E-state index is 0.0382. The molecule has 1 aromatic carbocycles. The molecule has 3 aromatic heterocycles. The van der Waals surface area contributed by atoms with Crippen molar-refractivity contribution < 1.29 is 14.0 Å². The van der Waals surface area contributed by atoms with Crippen LogP contribution >= 0.6 is 11.6 Å². The largest absolute Gasteiger partial charge is 0.618 e. The summed E-state index contributed by atoms with van der Waals surface area (Å²) in [5.74, 6) is 0.980. The molecule has 0 saturated carbocycles. The van der Waals surface area contributed by atoms with E-state index in [-0.39, 0.29) is 12.0 Å². The van der Waals surface area contributed by atoms with E-state index in [0.717, 1.165) is 11.2 Å². The number of fused-ring (bicyclic) bond motifs is 3. The van der Waals surface area contributed by atoms with Crippen LogP contribution in [0.2, 0.25) is 5.02 Å². The van der Waals surface area contributed by atoms with Gasteiger partial charge in [0.25, 0.3) is 0 Å². The summed E-state index contributed by atoms with van der Waals surface area (Å²) in [5, 5.41) is 17.4. The number of nitrogens with zero attached hydrogens (tertiary/aromatic N) is 5. The van der Waals surface area contributed by atoms with Crippen molar-refractivity contribution in [2.45, 2.75) is 32.3 Å². The number of halogens is 1. The smallest absolute Gasteiger partial charge is 0.242 e. The van der Waals surface area contributed by atoms with Crippen molar-refractivity contribution in [2.24, 2.45) is 0 Å². The van der Waals surface area contributed by atoms with Gasteiger partial charge in [0, 0.05) is 24.6 Å². The first kappa shape index (κ1) is 16.5. The highest BCUT2D eigenvalue weighted by atomic mass is 35.5. The summed E-state index contributed by atoms with van der Waals surface area (Å²) < 4.78 is 13.8. The Kier molecular flexibility index (Phi) is 3.60. The summed E-state index contributed by atoms with van der Waals surface area (Å²) in [6.07, 6.45) is 2.54. The maximum atomic E-state index is 12.8. The normalized spacial score (nSPS) is 20.1. The lowest BCUT2D eigenvalue weighted by Crippen LogP contribution is -2.32. The minimum atomic E-state index is 0.0382. The van der Waals surface area contributed by atoms with E-state index in [4.69, 9.17) is 20.9 Å². The highest BCUT2D eigenvalue weighted by Crippen LogP contribution is 2.32. The first-order valence-electron chi connectivity index (χ1n) is 8.68. The molecule has 1 aliphatic heterocycles. The topological polar surface area (TPSA) is 92.4 Å². The Balaban J connectivity index is 1.70. The molecule has 1 saturated heterocycles. The molecule has 0 amide bonds. The number of imidazole rings is 1. The summed E-state index contributed by atoms with van der Waals surface area (Å²) in [6, 6.07) is 5.18. The lowest BCUT2D eigenvalue weighted by Gasteiger charge is -2.09. The molecule has 0 N–H and O–H groups in total. The number of aromatic nitrogens is 5. The molecule has 4 aromatic rings. The van der Waals surface area contributed by atoms with E-state index < -0.39 is 0 Å². The fourth-order valence-corrected chi connectivity index (χ4v) is 3.88. The van der Waals surface area contributed by atoms with Crippen molar-refractivity contribution >= 4 is 28.2 Å². The molecule has 5 rings (SSSR count). The van der Waals surface area contributed by atoms with E-state index in [9.17, 15) is 5.21 Å². The second-order valence-corrected chi connectivity index (χ2v) is 7.19. The maximum Gasteiger partial charge on any atom is 0.242 e. The second kappa shape index (κ2) is 5.90. The van der Waals surface area contributed by atoms with Crippen molar-refractivity contribution in [2.75, 3.05) is 6.61 Å². The third-order valence-corrected chi connectivity index (χ3v) is 5.41. The fraction of sp³-hybridized carbons (Fsp3) is 0.333. The van der Waals surface area contributed by atoms with Crippen molar-refractivity contribution in [1.82, 2.24) is 19.5 Å². The maximum absolute atomic E-state index is 12.8. The van der Waals surface area contributed by atoms with Gasteiger partial charge >= 0.3 is 0 Å². The highest BCUT2D eigenvalue weighted by molar-refractivity contribution is 6.31. The zero-order valence-electron chi connectivity index (χ0n) is 14.7. The number of aryl methyl sites for hydroxylation is 1. The van der Waals surface area contributed by atoms with Gasteiger partial charge in [-0.2, -0.15) is 9.71 Å². The molecular weight excluding hydrogens is 370 g/mol. The van der Waals surface area contributed by atoms with Crippen molar-refractivity contribution in [3.63, 3.8) is 0 Å². The Hall–Kier alpha value is -2.71. The van der Waals surface area contributed by atoms with Crippen molar-refractivity contribution in [3.05, 3.63) is 46.3 Å². The number of ether oxygens (including phenoxy) is 1. The van der Waals surface area contributed by atoms with Gasteiger partial charge in [0.2, 0.25) is 22.9 Å². The van der Waals surface area contributed by atoms with E-state index in [1.54, 1.807) is 31.5 Å². The summed E-state index contributed by atoms with van der Waals surface area (Å²) in [5.41, 5.74) is 2.82. The SMILES string of the molecule is Cc1c2c(-c3noc(C4CCOC4C)n3)ncn2c2ccc(Cl)cc2[n+]1[O-]. The standard InChI is InChI=1S/C18H16ClN5O3/c1-9-16-15(17-21-18(27-22-17)12-5-6-26-10(12)2)20-8-23(16)13-4-3-11(19)7-14(13)24(9)25/h3-4,7-8,10,12H,5-6H2,1-2H3. The molecule has 0 radical (unpaired) electrons. The van der Waals surface area contributed by atoms with E-state index in [2.05, 4.69) is 15.1 Å². The van der Waals surface area contributed by atoms with Crippen LogP contribution in [0.1, 0.15) is 30.8 Å². The van der Waals surface area contributed by atoms with Crippen molar-refractivity contribution in [1.29, 1.82) is 0 Å². The van der Waals surface area contributed by atoms with Gasteiger partial charge in [-0.05, 0) is 25.5 Å². The molecule has 138 valence electrons. The molecule has 4 heterocycles. The van der Waals surface area contributed by atoms with Gasteiger partial charge in [-0.25, -0.2) is 4.98 Å². The minimum Gasteiger partial charge on any atom is -0.618 e. The van der Waals surface area contributed by atoms with Gasteiger partial charge in [-0.15, -0.1) is 0 Å². The molecule has 9 heteroatoms. The monoisotopic (exact) mass is 385 g/mol. The predicted octanol–water partition coefficient (Wildman–Crippen LogP) is 3.03. The van der Waals surface area contributed by atoms with Gasteiger partial charge in [0.1, 0.15) is 23.1 Å². The van der Waals surface area contributed by atoms with E-state index >= 15 is 0 Å². The molecule has 1 fully saturated rings. The molecule has 27 heavy (non-hydrogen) atoms. The van der Waals surface area contributed by atoms with Gasteiger partial charge < -0.3 is 14.5 Å². The lowest BCUT2D eigenvalue weighted by atomic mass is 10.0. The van der Waals surface area contributed by atoms with Crippen LogP contribution in [0.5, 0.6) is 0 Å². The van der Waals surface area contributed by atoms with Crippen molar-refractivity contribution in [3.8, 4) is 11.5 Å². The Labute approximate surface area is 158 Å². The molecule has 0 aliphatic carbocycles. The highest BCUT2D eigenvalue weighted by Gasteiger charge is 2.32. The molecule has 1 aliphatic rings. The fourth-order valence-electron chi connectivity index (χ4n) is 3.72. The van der Waals surface area contributed by atoms with Crippen LogP contribution in [0.3, 0.4) is 0 Å². The van der Waals surface area contributed by atoms with Gasteiger partial charge in [-0.1, -0.05) is 16.8 Å². The van der Waals surface area contributed by atoms with E-state index in [1.165, 1.54) is 0 Å². The predicted molar refractivity (Wildman–Crippen MR) is 97.5 cm³/mol. The average Bonchev–Trinajstić information content (AvgIpc) is 3.37. The second-order valence-electron chi connectivity index (χ2n) is 6.75. The summed E-state index contributed by atoms with van der Waals surface area (Å²) >= 11 is 6.05. The Bertz CT molecular complexity index is 1180. The van der Waals surface area contributed by atoms with E-state index in [1.807, 2.05) is 11.3 Å². The Morgan fingerprint density at radius 3 is 3.00 bits per heavy atom. The van der Waals surface area contributed by atoms with Gasteiger partial charge in [-0.3, -0.25) is 4.40 Å². The Morgan fingerprint density at radius 1 is 1.37 bits per heavy atom. The van der Waals surface area contributed by atoms with Gasteiger partial charge in [0.05, 0.1) is 12.0 Å². The van der Waals surface area contributed by atoms with Crippen LogP contribution in [-0.4, -0.2) is 32.2 Å². The molecular formula is C18H16ClN5O3. The average molecular weight is 386 g/mol. The number of hydrogen-bond donors (Lipinski definition) is 0. The lowest BCUT2D eigenvalue weighted by molar-refractivity contribution is -0.583. The number of hydrogen-bond acceptors (Lipinski definition) is 6. The molecule has 2 unspecified atom stereocenters. The quantitative estimate of drug-likeness (QED) is 0.389. The van der Waals surface area contributed by atoms with Gasteiger partial charge in [0.15, 0.2) is 0 Å². The van der Waals surface area contributed by atoms with Crippen LogP contribution in [-0.2, 0) is 4.74 Å². The molecule has 8 nitrogen and oxygen atoms in total. The summed E-state index contributed by atoms with van der Waals surface area (Å²) in [6.45, 7) is 4.41. The zero-order chi connectivity index (χ0) is 18.7. The molecule has 2 atom stereocenters. The zero-order valence-corrected chi connectivity index (χ0v) is 15.5.